The minimum absolute atomic E-state index is 0.0755. The smallest absolute Gasteiger partial charge is 0.127 e. The lowest BCUT2D eigenvalue weighted by molar-refractivity contribution is 0.0346. The maximum Gasteiger partial charge on any atom is 0.127 e. The van der Waals surface area contributed by atoms with Crippen LogP contribution in [-0.2, 0) is 6.42 Å². The molecule has 1 aliphatic heterocycles. The number of phenols is 1. The monoisotopic (exact) mass is 286 g/mol. The van der Waals surface area contributed by atoms with Crippen molar-refractivity contribution < 1.29 is 9.84 Å². The van der Waals surface area contributed by atoms with Gasteiger partial charge in [0.2, 0.25) is 0 Å². The van der Waals surface area contributed by atoms with Gasteiger partial charge in [0.25, 0.3) is 0 Å². The number of fused-ring (bicyclic) bond motifs is 4. The molecule has 2 bridgehead atoms. The second-order valence-corrected chi connectivity index (χ2v) is 7.11. The molecule has 2 heteroatoms. The molecule has 1 aliphatic carbocycles. The molecule has 0 unspecified atom stereocenters. The fraction of sp³-hybridized carbons (Fsp3) is 0.579. The summed E-state index contributed by atoms with van der Waals surface area (Å²) in [7, 11) is 0. The topological polar surface area (TPSA) is 29.5 Å². The number of rotatable bonds is 2. The Morgan fingerprint density at radius 1 is 1.38 bits per heavy atom. The molecular formula is C19H26O2. The van der Waals surface area contributed by atoms with Gasteiger partial charge in [0.15, 0.2) is 0 Å². The van der Waals surface area contributed by atoms with Gasteiger partial charge in [-0.25, -0.2) is 0 Å². The molecule has 0 aromatic heterocycles. The van der Waals surface area contributed by atoms with Crippen molar-refractivity contribution in [3.05, 3.63) is 34.4 Å². The second-order valence-electron chi connectivity index (χ2n) is 7.11. The van der Waals surface area contributed by atoms with Crippen molar-refractivity contribution >= 4 is 0 Å². The fourth-order valence-electron chi connectivity index (χ4n) is 4.00. The molecule has 21 heavy (non-hydrogen) atoms. The van der Waals surface area contributed by atoms with Crippen LogP contribution < -0.4 is 4.74 Å². The van der Waals surface area contributed by atoms with Crippen molar-refractivity contribution in [2.45, 2.75) is 71.3 Å². The number of allylic oxidation sites excluding steroid dienone is 2. The summed E-state index contributed by atoms with van der Waals surface area (Å²) in [6.07, 6.45) is 5.21. The predicted octanol–water partition coefficient (Wildman–Crippen LogP) is 5.10. The van der Waals surface area contributed by atoms with E-state index in [-0.39, 0.29) is 5.60 Å². The maximum atomic E-state index is 10.6. The van der Waals surface area contributed by atoms with Crippen LogP contribution in [0.5, 0.6) is 11.5 Å². The zero-order valence-corrected chi connectivity index (χ0v) is 13.6. The van der Waals surface area contributed by atoms with Gasteiger partial charge in [0, 0.05) is 11.5 Å². The molecular weight excluding hydrogens is 260 g/mol. The molecule has 0 spiro atoms. The Kier molecular flexibility index (Phi) is 3.51. The van der Waals surface area contributed by atoms with Crippen molar-refractivity contribution in [1.82, 2.24) is 0 Å². The Bertz CT molecular complexity index is 596. The molecule has 0 radical (unpaired) electrons. The summed E-state index contributed by atoms with van der Waals surface area (Å²) in [5.41, 5.74) is 5.01. The summed E-state index contributed by atoms with van der Waals surface area (Å²) in [4.78, 5) is 0. The van der Waals surface area contributed by atoms with Gasteiger partial charge >= 0.3 is 0 Å². The van der Waals surface area contributed by atoms with Gasteiger partial charge in [-0.1, -0.05) is 24.5 Å². The van der Waals surface area contributed by atoms with Gasteiger partial charge in [-0.05, 0) is 64.2 Å². The highest BCUT2D eigenvalue weighted by atomic mass is 16.5. The lowest BCUT2D eigenvalue weighted by Crippen LogP contribution is -2.42. The molecule has 3 rings (SSSR count). The standard InChI is InChI=1S/C19H26O2/c1-5-6-13-9-16(20)18-15-11-19(4,21-17(18)10-13)8-7-14(15)12(2)3/h9-10,15,20H,5-8,11H2,1-4H3/t15-,19+/m1/s1. The van der Waals surface area contributed by atoms with Crippen LogP contribution in [0.2, 0.25) is 0 Å². The molecule has 1 N–H and O–H groups in total. The van der Waals surface area contributed by atoms with Crippen LogP contribution in [-0.4, -0.2) is 10.7 Å². The maximum absolute atomic E-state index is 10.6. The highest BCUT2D eigenvalue weighted by molar-refractivity contribution is 5.55. The molecule has 1 aromatic carbocycles. The number of ether oxygens (including phenoxy) is 1. The normalized spacial score (nSPS) is 27.0. The van der Waals surface area contributed by atoms with E-state index in [1.54, 1.807) is 0 Å². The Labute approximate surface area is 127 Å². The average Bonchev–Trinajstić information content (AvgIpc) is 2.37. The fourth-order valence-corrected chi connectivity index (χ4v) is 4.00. The van der Waals surface area contributed by atoms with E-state index >= 15 is 0 Å². The first-order valence-corrected chi connectivity index (χ1v) is 8.14. The second kappa shape index (κ2) is 5.08. The third-order valence-electron chi connectivity index (χ3n) is 5.05. The highest BCUT2D eigenvalue weighted by Gasteiger charge is 2.44. The first-order valence-electron chi connectivity index (χ1n) is 8.14. The van der Waals surface area contributed by atoms with E-state index in [1.807, 2.05) is 6.07 Å². The quantitative estimate of drug-likeness (QED) is 0.766. The Hall–Kier alpha value is -1.44. The molecule has 2 aliphatic rings. The number of aryl methyl sites for hydroxylation is 1. The summed E-state index contributed by atoms with van der Waals surface area (Å²) in [6.45, 7) is 8.76. The van der Waals surface area contributed by atoms with Gasteiger partial charge in [0.1, 0.15) is 17.1 Å². The predicted molar refractivity (Wildman–Crippen MR) is 86.1 cm³/mol. The van der Waals surface area contributed by atoms with Crippen molar-refractivity contribution in [1.29, 1.82) is 0 Å². The van der Waals surface area contributed by atoms with E-state index in [0.29, 0.717) is 11.7 Å². The molecule has 0 saturated heterocycles. The van der Waals surface area contributed by atoms with E-state index in [4.69, 9.17) is 4.74 Å². The van der Waals surface area contributed by atoms with Gasteiger partial charge in [-0.3, -0.25) is 0 Å². The van der Waals surface area contributed by atoms with Gasteiger partial charge in [0.05, 0.1) is 0 Å². The van der Waals surface area contributed by atoms with Crippen LogP contribution in [0.3, 0.4) is 0 Å². The molecule has 1 heterocycles. The Balaban J connectivity index is 2.14. The van der Waals surface area contributed by atoms with Crippen molar-refractivity contribution in [2.24, 2.45) is 0 Å². The number of hydrogen-bond donors (Lipinski definition) is 1. The molecule has 2 nitrogen and oxygen atoms in total. The zero-order valence-electron chi connectivity index (χ0n) is 13.6. The van der Waals surface area contributed by atoms with Crippen molar-refractivity contribution in [3.8, 4) is 11.5 Å². The Morgan fingerprint density at radius 2 is 2.14 bits per heavy atom. The minimum Gasteiger partial charge on any atom is -0.507 e. The van der Waals surface area contributed by atoms with E-state index in [2.05, 4.69) is 33.8 Å². The lowest BCUT2D eigenvalue weighted by atomic mass is 9.69. The Morgan fingerprint density at radius 3 is 2.81 bits per heavy atom. The minimum atomic E-state index is -0.0755. The number of benzene rings is 1. The lowest BCUT2D eigenvalue weighted by Gasteiger charge is -2.46. The third kappa shape index (κ3) is 2.45. The first-order chi connectivity index (χ1) is 9.93. The molecule has 1 saturated carbocycles. The van der Waals surface area contributed by atoms with Crippen LogP contribution >= 0.6 is 0 Å². The number of hydrogen-bond acceptors (Lipinski definition) is 2. The van der Waals surface area contributed by atoms with Gasteiger partial charge in [-0.2, -0.15) is 0 Å². The largest absolute Gasteiger partial charge is 0.507 e. The summed E-state index contributed by atoms with van der Waals surface area (Å²) in [6, 6.07) is 4.09. The summed E-state index contributed by atoms with van der Waals surface area (Å²) in [5.74, 6) is 1.66. The van der Waals surface area contributed by atoms with Crippen LogP contribution in [0.15, 0.2) is 23.3 Å². The third-order valence-corrected chi connectivity index (χ3v) is 5.05. The SMILES string of the molecule is CCCc1cc(O)c2c(c1)O[C@@]1(C)CCC(=C(C)C)[C@H]2C1. The van der Waals surface area contributed by atoms with Crippen molar-refractivity contribution in [3.63, 3.8) is 0 Å². The van der Waals surface area contributed by atoms with Crippen LogP contribution in [0.25, 0.3) is 0 Å². The van der Waals surface area contributed by atoms with Crippen molar-refractivity contribution in [2.75, 3.05) is 0 Å². The first kappa shape index (κ1) is 14.5. The zero-order chi connectivity index (χ0) is 15.2. The number of phenolic OH excluding ortho intramolecular Hbond substituents is 1. The van der Waals surface area contributed by atoms with Gasteiger partial charge in [-0.15, -0.1) is 0 Å². The highest BCUT2D eigenvalue weighted by Crippen LogP contribution is 2.54. The van der Waals surface area contributed by atoms with Gasteiger partial charge < -0.3 is 9.84 Å². The summed E-state index contributed by atoms with van der Waals surface area (Å²) < 4.78 is 6.30. The van der Waals surface area contributed by atoms with E-state index in [9.17, 15) is 5.11 Å². The molecule has 2 atom stereocenters. The van der Waals surface area contributed by atoms with Crippen LogP contribution in [0.4, 0.5) is 0 Å². The van der Waals surface area contributed by atoms with Crippen LogP contribution in [0.1, 0.15) is 70.4 Å². The molecule has 0 amide bonds. The van der Waals surface area contributed by atoms with E-state index < -0.39 is 0 Å². The summed E-state index contributed by atoms with van der Waals surface area (Å²) in [5, 5.41) is 10.6. The molecule has 114 valence electrons. The van der Waals surface area contributed by atoms with E-state index in [0.717, 1.165) is 43.4 Å². The molecule has 1 fully saturated rings. The van der Waals surface area contributed by atoms with Crippen LogP contribution in [0, 0.1) is 0 Å². The molecule has 1 aromatic rings. The average molecular weight is 286 g/mol. The van der Waals surface area contributed by atoms with E-state index in [1.165, 1.54) is 16.7 Å². The summed E-state index contributed by atoms with van der Waals surface area (Å²) >= 11 is 0. The number of aromatic hydroxyl groups is 1.